The highest BCUT2D eigenvalue weighted by molar-refractivity contribution is 5.85. The summed E-state index contributed by atoms with van der Waals surface area (Å²) in [6.45, 7) is 3.74. The Morgan fingerprint density at radius 1 is 1.47 bits per heavy atom. The highest BCUT2D eigenvalue weighted by Gasteiger charge is 2.16. The third-order valence-corrected chi connectivity index (χ3v) is 2.29. The summed E-state index contributed by atoms with van der Waals surface area (Å²) in [5, 5.41) is 19.4. The fraction of sp³-hybridized carbons (Fsp3) is 0.250. The van der Waals surface area contributed by atoms with Gasteiger partial charge in [0.05, 0.1) is 4.92 Å². The van der Waals surface area contributed by atoms with Crippen molar-refractivity contribution in [3.8, 4) is 0 Å². The van der Waals surface area contributed by atoms with Crippen LogP contribution in [0.3, 0.4) is 0 Å². The summed E-state index contributed by atoms with van der Waals surface area (Å²) in [6.07, 6.45) is 2.29. The van der Waals surface area contributed by atoms with Crippen molar-refractivity contribution in [2.24, 2.45) is 0 Å². The van der Waals surface area contributed by atoms with Crippen LogP contribution in [0.1, 0.15) is 30.9 Å². The summed E-state index contributed by atoms with van der Waals surface area (Å²) >= 11 is 0. The minimum absolute atomic E-state index is 0.0209. The normalized spacial score (nSPS) is 11.0. The molecule has 0 aromatic heterocycles. The van der Waals surface area contributed by atoms with Crippen LogP contribution >= 0.6 is 0 Å². The van der Waals surface area contributed by atoms with Crippen LogP contribution in [0.25, 0.3) is 6.08 Å². The predicted molar refractivity (Wildman–Crippen MR) is 63.9 cm³/mol. The van der Waals surface area contributed by atoms with Gasteiger partial charge in [-0.1, -0.05) is 26.0 Å². The zero-order valence-electron chi connectivity index (χ0n) is 9.58. The highest BCUT2D eigenvalue weighted by atomic mass is 16.6. The van der Waals surface area contributed by atoms with Crippen molar-refractivity contribution in [1.82, 2.24) is 0 Å². The summed E-state index contributed by atoms with van der Waals surface area (Å²) in [5.74, 6) is -1.03. The monoisotopic (exact) mass is 235 g/mol. The molecule has 0 amide bonds. The topological polar surface area (TPSA) is 80.4 Å². The first-order valence-electron chi connectivity index (χ1n) is 5.11. The fourth-order valence-electron chi connectivity index (χ4n) is 1.48. The molecular weight excluding hydrogens is 222 g/mol. The maximum absolute atomic E-state index is 10.9. The minimum atomic E-state index is -1.08. The Bertz CT molecular complexity index is 477. The van der Waals surface area contributed by atoms with Gasteiger partial charge in [0.2, 0.25) is 0 Å². The maximum Gasteiger partial charge on any atom is 0.328 e. The second kappa shape index (κ2) is 5.25. The van der Waals surface area contributed by atoms with Crippen molar-refractivity contribution in [3.63, 3.8) is 0 Å². The van der Waals surface area contributed by atoms with E-state index in [1.165, 1.54) is 12.1 Å². The van der Waals surface area contributed by atoms with E-state index in [0.29, 0.717) is 11.1 Å². The molecule has 1 aromatic carbocycles. The molecule has 0 aliphatic rings. The Hall–Kier alpha value is -2.17. The molecule has 0 aliphatic carbocycles. The van der Waals surface area contributed by atoms with Gasteiger partial charge >= 0.3 is 5.97 Å². The van der Waals surface area contributed by atoms with Gasteiger partial charge in [0.25, 0.3) is 5.69 Å². The number of aliphatic carboxylic acids is 1. The summed E-state index contributed by atoms with van der Waals surface area (Å²) in [7, 11) is 0. The molecule has 0 atom stereocenters. The molecule has 1 rings (SSSR count). The number of hydrogen-bond acceptors (Lipinski definition) is 3. The standard InChI is InChI=1S/C12H13NO4/c1-8(2)10-5-3-9(4-6-12(14)15)7-11(10)13(16)17/h3-8H,1-2H3,(H,14,15). The number of benzene rings is 1. The van der Waals surface area contributed by atoms with Crippen molar-refractivity contribution in [3.05, 3.63) is 45.5 Å². The van der Waals surface area contributed by atoms with E-state index in [2.05, 4.69) is 0 Å². The number of nitro benzene ring substituents is 1. The lowest BCUT2D eigenvalue weighted by molar-refractivity contribution is -0.385. The van der Waals surface area contributed by atoms with Crippen LogP contribution in [0, 0.1) is 10.1 Å². The van der Waals surface area contributed by atoms with Gasteiger partial charge in [-0.3, -0.25) is 10.1 Å². The van der Waals surface area contributed by atoms with E-state index < -0.39 is 10.9 Å². The van der Waals surface area contributed by atoms with E-state index in [0.717, 1.165) is 6.08 Å². The molecular formula is C12H13NO4. The van der Waals surface area contributed by atoms with E-state index in [1.54, 1.807) is 12.1 Å². The average Bonchev–Trinajstić information content (AvgIpc) is 2.25. The van der Waals surface area contributed by atoms with Gasteiger partial charge in [-0.2, -0.15) is 0 Å². The van der Waals surface area contributed by atoms with Crippen LogP contribution in [-0.4, -0.2) is 16.0 Å². The first-order valence-corrected chi connectivity index (χ1v) is 5.11. The average molecular weight is 235 g/mol. The minimum Gasteiger partial charge on any atom is -0.478 e. The number of nitro groups is 1. The second-order valence-corrected chi connectivity index (χ2v) is 3.90. The zero-order chi connectivity index (χ0) is 13.0. The van der Waals surface area contributed by atoms with E-state index >= 15 is 0 Å². The van der Waals surface area contributed by atoms with Gasteiger partial charge in [0.15, 0.2) is 0 Å². The van der Waals surface area contributed by atoms with Crippen LogP contribution in [0.2, 0.25) is 0 Å². The molecule has 0 unspecified atom stereocenters. The van der Waals surface area contributed by atoms with Gasteiger partial charge in [0.1, 0.15) is 0 Å². The number of carbonyl (C=O) groups is 1. The van der Waals surface area contributed by atoms with Crippen LogP contribution in [0.15, 0.2) is 24.3 Å². The molecule has 0 fully saturated rings. The van der Waals surface area contributed by atoms with Crippen LogP contribution in [0.5, 0.6) is 0 Å². The number of rotatable bonds is 4. The Morgan fingerprint density at radius 3 is 2.59 bits per heavy atom. The van der Waals surface area contributed by atoms with Crippen molar-refractivity contribution in [2.45, 2.75) is 19.8 Å². The summed E-state index contributed by atoms with van der Waals surface area (Å²) in [6, 6.07) is 4.71. The molecule has 17 heavy (non-hydrogen) atoms. The number of nitrogens with zero attached hydrogens (tertiary/aromatic N) is 1. The predicted octanol–water partition coefficient (Wildman–Crippen LogP) is 2.82. The zero-order valence-corrected chi connectivity index (χ0v) is 9.58. The molecule has 0 aliphatic heterocycles. The summed E-state index contributed by atoms with van der Waals surface area (Å²) in [5.41, 5.74) is 1.17. The van der Waals surface area contributed by atoms with E-state index in [9.17, 15) is 14.9 Å². The van der Waals surface area contributed by atoms with E-state index in [4.69, 9.17) is 5.11 Å². The van der Waals surface area contributed by atoms with Crippen molar-refractivity contribution < 1.29 is 14.8 Å². The van der Waals surface area contributed by atoms with Crippen molar-refractivity contribution in [1.29, 1.82) is 0 Å². The molecule has 5 heteroatoms. The Balaban J connectivity index is 3.19. The number of carboxylic acids is 1. The SMILES string of the molecule is CC(C)c1ccc(C=CC(=O)O)cc1[N+](=O)[O-]. The molecule has 0 saturated heterocycles. The van der Waals surface area contributed by atoms with Crippen molar-refractivity contribution in [2.75, 3.05) is 0 Å². The van der Waals surface area contributed by atoms with Crippen LogP contribution < -0.4 is 0 Å². The smallest absolute Gasteiger partial charge is 0.328 e. The van der Waals surface area contributed by atoms with Crippen molar-refractivity contribution >= 4 is 17.7 Å². The third-order valence-electron chi connectivity index (χ3n) is 2.29. The molecule has 5 nitrogen and oxygen atoms in total. The number of hydrogen-bond donors (Lipinski definition) is 1. The highest BCUT2D eigenvalue weighted by Crippen LogP contribution is 2.27. The lowest BCUT2D eigenvalue weighted by atomic mass is 9.99. The van der Waals surface area contributed by atoms with Gasteiger partial charge in [0, 0.05) is 17.7 Å². The molecule has 0 bridgehead atoms. The molecule has 1 N–H and O–H groups in total. The van der Waals surface area contributed by atoms with Crippen LogP contribution in [0.4, 0.5) is 5.69 Å². The Labute approximate surface area is 98.5 Å². The second-order valence-electron chi connectivity index (χ2n) is 3.90. The van der Waals surface area contributed by atoms with Gasteiger partial charge < -0.3 is 5.11 Å². The number of carboxylic acid groups (broad SMARTS) is 1. The van der Waals surface area contributed by atoms with Gasteiger partial charge in [-0.25, -0.2) is 4.79 Å². The molecule has 1 aromatic rings. The first-order chi connectivity index (χ1) is 7.91. The van der Waals surface area contributed by atoms with Gasteiger partial charge in [-0.05, 0) is 17.6 Å². The van der Waals surface area contributed by atoms with Crippen LogP contribution in [-0.2, 0) is 4.79 Å². The molecule has 0 heterocycles. The molecule has 0 saturated carbocycles. The van der Waals surface area contributed by atoms with E-state index in [-0.39, 0.29) is 11.6 Å². The maximum atomic E-state index is 10.9. The Kier molecular flexibility index (Phi) is 3.98. The third kappa shape index (κ3) is 3.41. The molecule has 0 radical (unpaired) electrons. The largest absolute Gasteiger partial charge is 0.478 e. The quantitative estimate of drug-likeness (QED) is 0.494. The first kappa shape index (κ1) is 12.9. The molecule has 90 valence electrons. The lowest BCUT2D eigenvalue weighted by Crippen LogP contribution is -1.97. The Morgan fingerprint density at radius 2 is 2.12 bits per heavy atom. The summed E-state index contributed by atoms with van der Waals surface area (Å²) in [4.78, 5) is 20.8. The lowest BCUT2D eigenvalue weighted by Gasteiger charge is -2.06. The fourth-order valence-corrected chi connectivity index (χ4v) is 1.48. The van der Waals surface area contributed by atoms with E-state index in [1.807, 2.05) is 13.8 Å². The molecule has 0 spiro atoms. The summed E-state index contributed by atoms with van der Waals surface area (Å²) < 4.78 is 0. The van der Waals surface area contributed by atoms with Gasteiger partial charge in [-0.15, -0.1) is 0 Å².